The number of thiophene rings is 1. The smallest absolute Gasteiger partial charge is 0.311 e. The van der Waals surface area contributed by atoms with Crippen LogP contribution >= 0.6 is 22.9 Å². The molecule has 2 rings (SSSR count). The van der Waals surface area contributed by atoms with Crippen molar-refractivity contribution in [3.8, 4) is 0 Å². The highest BCUT2D eigenvalue weighted by atomic mass is 35.5. The lowest BCUT2D eigenvalue weighted by Gasteiger charge is -2.10. The maximum absolute atomic E-state index is 10.8. The van der Waals surface area contributed by atoms with Gasteiger partial charge in [-0.2, -0.15) is 0 Å². The van der Waals surface area contributed by atoms with Gasteiger partial charge in [0, 0.05) is 6.54 Å². The third kappa shape index (κ3) is 1.86. The van der Waals surface area contributed by atoms with E-state index in [9.17, 15) is 4.79 Å². The monoisotopic (exact) mass is 231 g/mol. The predicted molar refractivity (Wildman–Crippen MR) is 57.1 cm³/mol. The molecule has 1 aliphatic rings. The van der Waals surface area contributed by atoms with Crippen molar-refractivity contribution in [1.82, 2.24) is 0 Å². The van der Waals surface area contributed by atoms with Crippen LogP contribution in [0.5, 0.6) is 0 Å². The van der Waals surface area contributed by atoms with Crippen LogP contribution in [-0.2, 0) is 4.79 Å². The number of carboxylic acid groups (broad SMARTS) is 1. The molecule has 0 aromatic carbocycles. The van der Waals surface area contributed by atoms with Gasteiger partial charge in [-0.15, -0.1) is 11.3 Å². The van der Waals surface area contributed by atoms with Crippen molar-refractivity contribution in [1.29, 1.82) is 0 Å². The maximum atomic E-state index is 10.8. The van der Waals surface area contributed by atoms with Crippen LogP contribution in [0.15, 0.2) is 12.1 Å². The highest BCUT2D eigenvalue weighted by molar-refractivity contribution is 7.19. The Hall–Kier alpha value is -0.740. The standard InChI is InChI=1S/C9H10ClNO2S/c10-6-1-2-7(14-6)11-5-9(3-4-9)8(12)13/h1-2,11H,3-5H2,(H,12,13). The second kappa shape index (κ2) is 3.44. The fourth-order valence-electron chi connectivity index (χ4n) is 1.28. The van der Waals surface area contributed by atoms with E-state index in [0.29, 0.717) is 10.9 Å². The van der Waals surface area contributed by atoms with Gasteiger partial charge in [0.15, 0.2) is 0 Å². The quantitative estimate of drug-likeness (QED) is 0.838. The number of hydrogen-bond acceptors (Lipinski definition) is 3. The molecule has 0 bridgehead atoms. The minimum Gasteiger partial charge on any atom is -0.481 e. The summed E-state index contributed by atoms with van der Waals surface area (Å²) in [6, 6.07) is 3.67. The van der Waals surface area contributed by atoms with Gasteiger partial charge in [-0.25, -0.2) is 0 Å². The molecule has 0 unspecified atom stereocenters. The molecule has 1 aliphatic carbocycles. The molecule has 3 nitrogen and oxygen atoms in total. The number of carbonyl (C=O) groups is 1. The molecule has 1 fully saturated rings. The highest BCUT2D eigenvalue weighted by Crippen LogP contribution is 2.46. The molecule has 1 aromatic rings. The summed E-state index contributed by atoms with van der Waals surface area (Å²) in [6.45, 7) is 0.499. The molecule has 1 heterocycles. The average molecular weight is 232 g/mol. The van der Waals surface area contributed by atoms with E-state index in [1.807, 2.05) is 6.07 Å². The second-order valence-corrected chi connectivity index (χ2v) is 5.26. The lowest BCUT2D eigenvalue weighted by molar-refractivity contribution is -0.142. The molecule has 0 radical (unpaired) electrons. The van der Waals surface area contributed by atoms with Crippen molar-refractivity contribution in [2.24, 2.45) is 5.41 Å². The van der Waals surface area contributed by atoms with Crippen molar-refractivity contribution in [2.75, 3.05) is 11.9 Å². The molecule has 14 heavy (non-hydrogen) atoms. The number of aliphatic carboxylic acids is 1. The zero-order valence-electron chi connectivity index (χ0n) is 7.42. The predicted octanol–water partition coefficient (Wildman–Crippen LogP) is 2.68. The summed E-state index contributed by atoms with van der Waals surface area (Å²) in [5.74, 6) is -0.701. The van der Waals surface area contributed by atoms with Crippen molar-refractivity contribution in [3.63, 3.8) is 0 Å². The molecular weight excluding hydrogens is 222 g/mol. The summed E-state index contributed by atoms with van der Waals surface area (Å²) in [5.41, 5.74) is -0.517. The lowest BCUT2D eigenvalue weighted by atomic mass is 10.1. The Morgan fingerprint density at radius 1 is 1.64 bits per heavy atom. The van der Waals surface area contributed by atoms with Gasteiger partial charge in [0.1, 0.15) is 0 Å². The van der Waals surface area contributed by atoms with Crippen molar-refractivity contribution < 1.29 is 9.90 Å². The van der Waals surface area contributed by atoms with E-state index in [4.69, 9.17) is 16.7 Å². The Morgan fingerprint density at radius 3 is 2.79 bits per heavy atom. The Bertz CT molecular complexity index is 359. The molecule has 76 valence electrons. The molecule has 2 N–H and O–H groups in total. The minimum atomic E-state index is -0.701. The van der Waals surface area contributed by atoms with Gasteiger partial charge in [-0.05, 0) is 25.0 Å². The van der Waals surface area contributed by atoms with Crippen LogP contribution < -0.4 is 5.32 Å². The third-order valence-electron chi connectivity index (χ3n) is 2.48. The van der Waals surface area contributed by atoms with Crippen LogP contribution in [-0.4, -0.2) is 17.6 Å². The van der Waals surface area contributed by atoms with Gasteiger partial charge in [-0.3, -0.25) is 4.79 Å². The number of halogens is 1. The molecule has 0 atom stereocenters. The highest BCUT2D eigenvalue weighted by Gasteiger charge is 2.50. The summed E-state index contributed by atoms with van der Waals surface area (Å²) < 4.78 is 0.715. The van der Waals surface area contributed by atoms with E-state index in [-0.39, 0.29) is 0 Å². The first kappa shape index (κ1) is 9.80. The molecule has 5 heteroatoms. The van der Waals surface area contributed by atoms with Gasteiger partial charge in [0.25, 0.3) is 0 Å². The first-order chi connectivity index (χ1) is 6.62. The van der Waals surface area contributed by atoms with Crippen LogP contribution in [0.3, 0.4) is 0 Å². The Labute approximate surface area is 90.7 Å². The molecule has 0 aliphatic heterocycles. The zero-order chi connectivity index (χ0) is 10.2. The molecule has 0 saturated heterocycles. The van der Waals surface area contributed by atoms with Gasteiger partial charge in [0.05, 0.1) is 14.8 Å². The number of nitrogens with one attached hydrogen (secondary N) is 1. The number of anilines is 1. The maximum Gasteiger partial charge on any atom is 0.311 e. The van der Waals surface area contributed by atoms with E-state index < -0.39 is 11.4 Å². The third-order valence-corrected chi connectivity index (χ3v) is 3.67. The van der Waals surface area contributed by atoms with Crippen molar-refractivity contribution >= 4 is 33.9 Å². The summed E-state index contributed by atoms with van der Waals surface area (Å²) in [7, 11) is 0. The van der Waals surface area contributed by atoms with Gasteiger partial charge in [-0.1, -0.05) is 11.6 Å². The van der Waals surface area contributed by atoms with E-state index in [0.717, 1.165) is 17.8 Å². The van der Waals surface area contributed by atoms with Crippen LogP contribution in [0.25, 0.3) is 0 Å². The van der Waals surface area contributed by atoms with Crippen LogP contribution in [0.1, 0.15) is 12.8 Å². The van der Waals surface area contributed by atoms with Gasteiger partial charge >= 0.3 is 5.97 Å². The van der Waals surface area contributed by atoms with Crippen LogP contribution in [0.4, 0.5) is 5.00 Å². The van der Waals surface area contributed by atoms with Gasteiger partial charge < -0.3 is 10.4 Å². The molecule has 1 saturated carbocycles. The Balaban J connectivity index is 1.92. The SMILES string of the molecule is O=C(O)C1(CNc2ccc(Cl)s2)CC1. The van der Waals surface area contributed by atoms with Gasteiger partial charge in [0.2, 0.25) is 0 Å². The molecule has 0 amide bonds. The largest absolute Gasteiger partial charge is 0.481 e. The Kier molecular flexibility index (Phi) is 2.41. The minimum absolute atomic E-state index is 0.499. The number of carboxylic acids is 1. The Morgan fingerprint density at radius 2 is 2.36 bits per heavy atom. The first-order valence-corrected chi connectivity index (χ1v) is 5.54. The molecular formula is C9H10ClNO2S. The first-order valence-electron chi connectivity index (χ1n) is 4.35. The summed E-state index contributed by atoms with van der Waals surface area (Å²) in [6.07, 6.45) is 1.54. The summed E-state index contributed by atoms with van der Waals surface area (Å²) >= 11 is 7.18. The topological polar surface area (TPSA) is 49.3 Å². The molecule has 1 aromatic heterocycles. The van der Waals surface area contributed by atoms with Crippen LogP contribution in [0, 0.1) is 5.41 Å². The lowest BCUT2D eigenvalue weighted by Crippen LogP contribution is -2.23. The fourth-order valence-corrected chi connectivity index (χ4v) is 2.22. The van der Waals surface area contributed by atoms with E-state index in [1.54, 1.807) is 6.07 Å². The zero-order valence-corrected chi connectivity index (χ0v) is 8.99. The normalized spacial score (nSPS) is 17.8. The number of hydrogen-bond donors (Lipinski definition) is 2. The fraction of sp³-hybridized carbons (Fsp3) is 0.444. The van der Waals surface area contributed by atoms with Crippen molar-refractivity contribution in [3.05, 3.63) is 16.5 Å². The molecule has 0 spiro atoms. The summed E-state index contributed by atoms with van der Waals surface area (Å²) in [4.78, 5) is 10.8. The summed E-state index contributed by atoms with van der Waals surface area (Å²) in [5, 5.41) is 13.0. The van der Waals surface area contributed by atoms with E-state index in [2.05, 4.69) is 5.32 Å². The average Bonchev–Trinajstić information content (AvgIpc) is 2.82. The van der Waals surface area contributed by atoms with Crippen LogP contribution in [0.2, 0.25) is 4.34 Å². The second-order valence-electron chi connectivity index (χ2n) is 3.54. The number of rotatable bonds is 4. The van der Waals surface area contributed by atoms with E-state index in [1.165, 1.54) is 11.3 Å². The van der Waals surface area contributed by atoms with Crippen molar-refractivity contribution in [2.45, 2.75) is 12.8 Å². The van der Waals surface area contributed by atoms with E-state index >= 15 is 0 Å².